The number of hydrogen-bond donors (Lipinski definition) is 2. The molecule has 192 valence electrons. The van der Waals surface area contributed by atoms with Crippen LogP contribution in [-0.4, -0.2) is 50.7 Å². The lowest BCUT2D eigenvalue weighted by atomic mass is 10.0. The van der Waals surface area contributed by atoms with Crippen molar-refractivity contribution in [3.63, 3.8) is 0 Å². The zero-order valence-electron chi connectivity index (χ0n) is 20.6. The molecule has 10 heteroatoms. The molecule has 0 radical (unpaired) electrons. The number of hydrogen-bond acceptors (Lipinski definition) is 7. The average Bonchev–Trinajstić information content (AvgIpc) is 3.44. The van der Waals surface area contributed by atoms with Gasteiger partial charge in [-0.1, -0.05) is 42.5 Å². The van der Waals surface area contributed by atoms with Crippen molar-refractivity contribution in [3.8, 4) is 22.8 Å². The number of benzene rings is 3. The summed E-state index contributed by atoms with van der Waals surface area (Å²) in [5.41, 5.74) is 9.49. The number of aromatic nitrogens is 1. The van der Waals surface area contributed by atoms with Crippen LogP contribution in [0.3, 0.4) is 0 Å². The third-order valence-electron chi connectivity index (χ3n) is 5.64. The summed E-state index contributed by atoms with van der Waals surface area (Å²) in [4.78, 5) is 21.8. The van der Waals surface area contributed by atoms with Gasteiger partial charge in [-0.2, -0.15) is 4.98 Å². The third-order valence-corrected chi connectivity index (χ3v) is 5.64. The molecule has 1 heterocycles. The van der Waals surface area contributed by atoms with E-state index in [4.69, 9.17) is 19.6 Å². The molecule has 0 saturated heterocycles. The van der Waals surface area contributed by atoms with Gasteiger partial charge < -0.3 is 19.6 Å². The van der Waals surface area contributed by atoms with Gasteiger partial charge in [0.25, 0.3) is 5.91 Å². The van der Waals surface area contributed by atoms with E-state index in [2.05, 4.69) is 15.4 Å². The molecule has 4 aromatic rings. The second kappa shape index (κ2) is 11.9. The fourth-order valence-corrected chi connectivity index (χ4v) is 3.80. The number of oxazole rings is 1. The molecule has 0 unspecified atom stereocenters. The molecule has 1 amide bonds. The molecule has 0 spiro atoms. The van der Waals surface area contributed by atoms with Gasteiger partial charge in [-0.05, 0) is 30.0 Å². The maximum atomic E-state index is 13.4. The van der Waals surface area contributed by atoms with Crippen LogP contribution < -0.4 is 25.6 Å². The minimum absolute atomic E-state index is 0.0746. The SMILES string of the molecule is COc1cc2c(OC)cccc2cc1C(=O)NN(CCCN=C(N)CF)c1ncc(-c2ccccc2)o1. The Hall–Kier alpha value is -4.60. The van der Waals surface area contributed by atoms with E-state index in [1.807, 2.05) is 48.5 Å². The third kappa shape index (κ3) is 5.97. The van der Waals surface area contributed by atoms with Gasteiger partial charge in [0.2, 0.25) is 0 Å². The first-order valence-corrected chi connectivity index (χ1v) is 11.6. The highest BCUT2D eigenvalue weighted by Crippen LogP contribution is 2.32. The van der Waals surface area contributed by atoms with E-state index < -0.39 is 12.6 Å². The zero-order chi connectivity index (χ0) is 26.2. The van der Waals surface area contributed by atoms with Crippen molar-refractivity contribution in [2.24, 2.45) is 10.7 Å². The minimum Gasteiger partial charge on any atom is -0.496 e. The molecular weight excluding hydrogens is 477 g/mol. The number of nitrogens with zero attached hydrogens (tertiary/aromatic N) is 3. The number of methoxy groups -OCH3 is 2. The number of rotatable bonds is 11. The quantitative estimate of drug-likeness (QED) is 0.135. The number of carbonyl (C=O) groups excluding carboxylic acids is 1. The van der Waals surface area contributed by atoms with Gasteiger partial charge in [-0.25, -0.2) is 9.40 Å². The summed E-state index contributed by atoms with van der Waals surface area (Å²) in [7, 11) is 3.09. The monoisotopic (exact) mass is 505 g/mol. The molecule has 0 fully saturated rings. The largest absolute Gasteiger partial charge is 0.496 e. The number of nitrogens with one attached hydrogen (secondary N) is 1. The lowest BCUT2D eigenvalue weighted by molar-refractivity contribution is 0.0943. The smallest absolute Gasteiger partial charge is 0.317 e. The molecule has 0 aliphatic carbocycles. The van der Waals surface area contributed by atoms with E-state index in [0.717, 1.165) is 16.3 Å². The number of aliphatic imine (C=N–C) groups is 1. The van der Waals surface area contributed by atoms with Gasteiger partial charge in [0, 0.05) is 24.0 Å². The molecule has 4 rings (SSSR count). The summed E-state index contributed by atoms with van der Waals surface area (Å²) in [6.45, 7) is -0.256. The van der Waals surface area contributed by atoms with Crippen LogP contribution in [0.25, 0.3) is 22.1 Å². The Balaban J connectivity index is 1.62. The number of amidine groups is 1. The number of carbonyl (C=O) groups is 1. The Bertz CT molecular complexity index is 1390. The number of ether oxygens (including phenoxy) is 2. The predicted molar refractivity (Wildman–Crippen MR) is 141 cm³/mol. The molecule has 1 aromatic heterocycles. The number of anilines is 1. The molecule has 0 aliphatic heterocycles. The van der Waals surface area contributed by atoms with Crippen molar-refractivity contribution >= 4 is 28.5 Å². The van der Waals surface area contributed by atoms with Crippen LogP contribution >= 0.6 is 0 Å². The molecule has 3 aromatic carbocycles. The van der Waals surface area contributed by atoms with Crippen LogP contribution in [0.5, 0.6) is 11.5 Å². The average molecular weight is 506 g/mol. The van der Waals surface area contributed by atoms with E-state index >= 15 is 0 Å². The van der Waals surface area contributed by atoms with Gasteiger partial charge >= 0.3 is 6.01 Å². The van der Waals surface area contributed by atoms with Crippen molar-refractivity contribution in [1.82, 2.24) is 10.4 Å². The molecule has 0 aliphatic rings. The maximum Gasteiger partial charge on any atom is 0.317 e. The predicted octanol–water partition coefficient (Wildman–Crippen LogP) is 4.38. The Morgan fingerprint density at radius 3 is 2.62 bits per heavy atom. The molecule has 37 heavy (non-hydrogen) atoms. The highest BCUT2D eigenvalue weighted by Gasteiger charge is 2.21. The van der Waals surface area contributed by atoms with Crippen molar-refractivity contribution in [1.29, 1.82) is 0 Å². The standard InChI is InChI=1S/C27H28FN5O4/c1-35-22-11-6-10-19-14-21(23(36-2)15-20(19)22)26(34)32-33(13-7-12-30-25(29)16-28)27-31-17-24(37-27)18-8-4-3-5-9-18/h3-6,8-11,14-15,17H,7,12-13,16H2,1-2H3,(H2,29,30)(H,32,34). The highest BCUT2D eigenvalue weighted by atomic mass is 19.1. The molecule has 3 N–H and O–H groups in total. The number of alkyl halides is 1. The molecule has 9 nitrogen and oxygen atoms in total. The van der Waals surface area contributed by atoms with Crippen molar-refractivity contribution in [2.45, 2.75) is 6.42 Å². The molecular formula is C27H28FN5O4. The number of hydrazine groups is 1. The number of nitrogens with two attached hydrogens (primary N) is 1. The molecule has 0 bridgehead atoms. The van der Waals surface area contributed by atoms with Crippen LogP contribution in [0.15, 0.2) is 76.3 Å². The van der Waals surface area contributed by atoms with Gasteiger partial charge in [0.1, 0.15) is 24.0 Å². The first-order valence-electron chi connectivity index (χ1n) is 11.6. The minimum atomic E-state index is -0.812. The molecule has 0 atom stereocenters. The second-order valence-electron chi connectivity index (χ2n) is 8.06. The number of fused-ring (bicyclic) bond motifs is 1. The lowest BCUT2D eigenvalue weighted by Gasteiger charge is -2.22. The summed E-state index contributed by atoms with van der Waals surface area (Å²) in [5, 5.41) is 3.12. The lowest BCUT2D eigenvalue weighted by Crippen LogP contribution is -2.43. The number of amides is 1. The Kier molecular flexibility index (Phi) is 8.19. The first kappa shape index (κ1) is 25.5. The van der Waals surface area contributed by atoms with E-state index in [1.54, 1.807) is 25.4 Å². The molecule has 0 saturated carbocycles. The summed E-state index contributed by atoms with van der Waals surface area (Å²) in [6, 6.07) is 18.8. The van der Waals surface area contributed by atoms with Crippen LogP contribution in [0.1, 0.15) is 16.8 Å². The van der Waals surface area contributed by atoms with Crippen molar-refractivity contribution in [2.75, 3.05) is 39.0 Å². The van der Waals surface area contributed by atoms with E-state index in [9.17, 15) is 9.18 Å². The van der Waals surface area contributed by atoms with Crippen molar-refractivity contribution < 1.29 is 23.1 Å². The van der Waals surface area contributed by atoms with Crippen LogP contribution in [0.4, 0.5) is 10.4 Å². The van der Waals surface area contributed by atoms with Gasteiger partial charge in [-0.3, -0.25) is 15.2 Å². The highest BCUT2D eigenvalue weighted by molar-refractivity contribution is 6.03. The summed E-state index contributed by atoms with van der Waals surface area (Å²) < 4.78 is 29.5. The van der Waals surface area contributed by atoms with Crippen LogP contribution in [0, 0.1) is 0 Å². The summed E-state index contributed by atoms with van der Waals surface area (Å²) in [5.74, 6) is 1.10. The second-order valence-corrected chi connectivity index (χ2v) is 8.06. The Morgan fingerprint density at radius 2 is 1.89 bits per heavy atom. The normalized spacial score (nSPS) is 11.4. The first-order chi connectivity index (χ1) is 18.0. The van der Waals surface area contributed by atoms with E-state index in [0.29, 0.717) is 29.2 Å². The summed E-state index contributed by atoms with van der Waals surface area (Å²) >= 11 is 0. The zero-order valence-corrected chi connectivity index (χ0v) is 20.6. The topological polar surface area (TPSA) is 115 Å². The summed E-state index contributed by atoms with van der Waals surface area (Å²) in [6.07, 6.45) is 2.04. The fourth-order valence-electron chi connectivity index (χ4n) is 3.80. The van der Waals surface area contributed by atoms with Crippen LogP contribution in [0.2, 0.25) is 0 Å². The number of halogens is 1. The Labute approximate surface area is 213 Å². The van der Waals surface area contributed by atoms with Crippen LogP contribution in [-0.2, 0) is 0 Å². The fraction of sp³-hybridized carbons (Fsp3) is 0.222. The van der Waals surface area contributed by atoms with Gasteiger partial charge in [0.15, 0.2) is 5.76 Å². The van der Waals surface area contributed by atoms with E-state index in [1.165, 1.54) is 12.1 Å². The van der Waals surface area contributed by atoms with E-state index in [-0.39, 0.29) is 24.9 Å². The maximum absolute atomic E-state index is 13.4. The Morgan fingerprint density at radius 1 is 1.11 bits per heavy atom. The van der Waals surface area contributed by atoms with Crippen molar-refractivity contribution in [3.05, 3.63) is 72.4 Å². The van der Waals surface area contributed by atoms with Gasteiger partial charge in [-0.15, -0.1) is 0 Å². The van der Waals surface area contributed by atoms with Gasteiger partial charge in [0.05, 0.1) is 26.0 Å².